The molecule has 4 aliphatic rings. The first-order valence-corrected chi connectivity index (χ1v) is 13.8. The molecule has 0 spiro atoms. The molecule has 5 heteroatoms. The van der Waals surface area contributed by atoms with Crippen LogP contribution in [0, 0.1) is 18.8 Å². The number of rotatable bonds is 4. The zero-order chi connectivity index (χ0) is 27.0. The molecule has 0 saturated carbocycles. The molecule has 1 aliphatic heterocycles. The molecule has 0 radical (unpaired) electrons. The number of carbonyl (C=O) groups excluding carboxylic acids is 2. The lowest BCUT2D eigenvalue weighted by Gasteiger charge is -2.45. The van der Waals surface area contributed by atoms with E-state index in [9.17, 15) is 9.59 Å². The zero-order valence-electron chi connectivity index (χ0n) is 22.1. The first kappa shape index (κ1) is 23.1. The van der Waals surface area contributed by atoms with Gasteiger partial charge in [-0.05, 0) is 40.8 Å². The van der Waals surface area contributed by atoms with E-state index in [0.29, 0.717) is 0 Å². The van der Waals surface area contributed by atoms with Crippen molar-refractivity contribution in [2.24, 2.45) is 16.9 Å². The first-order chi connectivity index (χ1) is 19.6. The van der Waals surface area contributed by atoms with Crippen molar-refractivity contribution in [3.63, 3.8) is 0 Å². The summed E-state index contributed by atoms with van der Waals surface area (Å²) in [6.45, 7) is 2.81. The maximum absolute atomic E-state index is 13.9. The number of benzene rings is 4. The van der Waals surface area contributed by atoms with E-state index >= 15 is 0 Å². The van der Waals surface area contributed by atoms with Crippen LogP contribution >= 0.6 is 0 Å². The number of nitrogens with zero attached hydrogens (tertiary/aromatic N) is 3. The number of imide groups is 1. The van der Waals surface area contributed by atoms with Gasteiger partial charge < -0.3 is 4.57 Å². The summed E-state index contributed by atoms with van der Waals surface area (Å²) in [5.41, 5.74) is 9.07. The second kappa shape index (κ2) is 8.62. The van der Waals surface area contributed by atoms with Gasteiger partial charge in [0.1, 0.15) is 0 Å². The van der Waals surface area contributed by atoms with Crippen molar-refractivity contribution in [3.8, 4) is 0 Å². The predicted octanol–water partition coefficient (Wildman–Crippen LogP) is 6.22. The highest BCUT2D eigenvalue weighted by Gasteiger charge is 2.61. The normalized spacial score (nSPS) is 22.7. The summed E-state index contributed by atoms with van der Waals surface area (Å²) in [6.07, 6.45) is 3.74. The monoisotopic (exact) mass is 521 g/mol. The van der Waals surface area contributed by atoms with E-state index in [1.165, 1.54) is 33.4 Å². The van der Waals surface area contributed by atoms with Gasteiger partial charge >= 0.3 is 0 Å². The van der Waals surface area contributed by atoms with Crippen LogP contribution < -0.4 is 0 Å². The molecular formula is C35H27N3O2. The number of aromatic nitrogens is 1. The van der Waals surface area contributed by atoms with E-state index in [2.05, 4.69) is 83.5 Å². The van der Waals surface area contributed by atoms with E-state index in [4.69, 9.17) is 0 Å². The number of para-hydroxylation sites is 1. The minimum absolute atomic E-state index is 0.129. The SMILES string of the molecule is Cc1ccc(Cn2cc(/C=N\N3C(=O)[C@H]4C5c6ccccc6C(c6ccccc65)[C@@H]4C3=O)c3ccccc32)cc1. The molecule has 2 heterocycles. The van der Waals surface area contributed by atoms with Crippen molar-refractivity contribution in [2.75, 3.05) is 0 Å². The topological polar surface area (TPSA) is 54.7 Å². The molecule has 2 amide bonds. The second-order valence-electron chi connectivity index (χ2n) is 11.2. The van der Waals surface area contributed by atoms with Crippen LogP contribution in [-0.2, 0) is 16.1 Å². The summed E-state index contributed by atoms with van der Waals surface area (Å²) >= 11 is 0. The number of carbonyl (C=O) groups is 2. The molecule has 2 atom stereocenters. The molecule has 2 bridgehead atoms. The van der Waals surface area contributed by atoms with Crippen LogP contribution in [0.15, 0.2) is 108 Å². The average molecular weight is 522 g/mol. The van der Waals surface area contributed by atoms with E-state index in [1.807, 2.05) is 36.4 Å². The third kappa shape index (κ3) is 3.24. The molecule has 0 N–H and O–H groups in total. The Morgan fingerprint density at radius 1 is 0.700 bits per heavy atom. The Morgan fingerprint density at radius 3 is 1.80 bits per heavy atom. The maximum Gasteiger partial charge on any atom is 0.254 e. The Bertz CT molecular complexity index is 1750. The van der Waals surface area contributed by atoms with Crippen LogP contribution in [-0.4, -0.2) is 27.6 Å². The molecule has 40 heavy (non-hydrogen) atoms. The van der Waals surface area contributed by atoms with Crippen molar-refractivity contribution in [2.45, 2.75) is 25.3 Å². The lowest BCUT2D eigenvalue weighted by atomic mass is 9.55. The third-order valence-electron chi connectivity index (χ3n) is 9.03. The van der Waals surface area contributed by atoms with Crippen molar-refractivity contribution < 1.29 is 9.59 Å². The van der Waals surface area contributed by atoms with E-state index in [1.54, 1.807) is 6.21 Å². The van der Waals surface area contributed by atoms with Gasteiger partial charge in [-0.2, -0.15) is 10.1 Å². The molecule has 3 aliphatic carbocycles. The minimum Gasteiger partial charge on any atom is -0.342 e. The smallest absolute Gasteiger partial charge is 0.254 e. The first-order valence-electron chi connectivity index (χ1n) is 13.8. The van der Waals surface area contributed by atoms with Gasteiger partial charge in [-0.15, -0.1) is 0 Å². The van der Waals surface area contributed by atoms with Gasteiger partial charge in [-0.1, -0.05) is 96.6 Å². The molecule has 1 aromatic heterocycles. The Kier molecular flexibility index (Phi) is 4.99. The fraction of sp³-hybridized carbons (Fsp3) is 0.171. The highest BCUT2D eigenvalue weighted by atomic mass is 16.2. The number of amides is 2. The van der Waals surface area contributed by atoms with Crippen LogP contribution in [0.1, 0.15) is 50.8 Å². The van der Waals surface area contributed by atoms with Gasteiger partial charge in [-0.25, -0.2) is 0 Å². The summed E-state index contributed by atoms with van der Waals surface area (Å²) in [5.74, 6) is -1.52. The summed E-state index contributed by atoms with van der Waals surface area (Å²) in [6, 6.07) is 33.3. The van der Waals surface area contributed by atoms with E-state index in [0.717, 1.165) is 28.0 Å². The van der Waals surface area contributed by atoms with Crippen molar-refractivity contribution >= 4 is 28.9 Å². The Hall–Kier alpha value is -4.77. The van der Waals surface area contributed by atoms with Crippen LogP contribution in [0.2, 0.25) is 0 Å². The van der Waals surface area contributed by atoms with Gasteiger partial charge in [0.25, 0.3) is 11.8 Å². The molecule has 4 aromatic carbocycles. The quantitative estimate of drug-likeness (QED) is 0.208. The van der Waals surface area contributed by atoms with Gasteiger partial charge in [0.2, 0.25) is 0 Å². The second-order valence-corrected chi connectivity index (χ2v) is 11.2. The fourth-order valence-electron chi connectivity index (χ4n) is 7.29. The number of hydrogen-bond acceptors (Lipinski definition) is 3. The summed E-state index contributed by atoms with van der Waals surface area (Å²) < 4.78 is 2.20. The van der Waals surface area contributed by atoms with Crippen LogP contribution in [0.3, 0.4) is 0 Å². The largest absolute Gasteiger partial charge is 0.342 e. The maximum atomic E-state index is 13.9. The molecule has 5 aromatic rings. The zero-order valence-corrected chi connectivity index (χ0v) is 22.1. The van der Waals surface area contributed by atoms with Crippen molar-refractivity contribution in [1.29, 1.82) is 0 Å². The number of hydrazone groups is 1. The minimum atomic E-state index is -0.428. The lowest BCUT2D eigenvalue weighted by Crippen LogP contribution is -2.41. The van der Waals surface area contributed by atoms with E-state index in [-0.39, 0.29) is 23.7 Å². The number of hydrogen-bond donors (Lipinski definition) is 0. The van der Waals surface area contributed by atoms with Crippen LogP contribution in [0.5, 0.6) is 0 Å². The average Bonchev–Trinajstić information content (AvgIpc) is 3.47. The molecule has 1 saturated heterocycles. The molecule has 0 unspecified atom stereocenters. The van der Waals surface area contributed by atoms with Crippen LogP contribution in [0.4, 0.5) is 0 Å². The molecule has 5 nitrogen and oxygen atoms in total. The van der Waals surface area contributed by atoms with Gasteiger partial charge in [0.05, 0.1) is 18.1 Å². The number of aryl methyl sites for hydroxylation is 1. The highest BCUT2D eigenvalue weighted by molar-refractivity contribution is 6.09. The van der Waals surface area contributed by atoms with Crippen LogP contribution in [0.25, 0.3) is 10.9 Å². The van der Waals surface area contributed by atoms with Crippen molar-refractivity contribution in [1.82, 2.24) is 9.58 Å². The van der Waals surface area contributed by atoms with Gasteiger partial charge in [0, 0.05) is 41.0 Å². The highest BCUT2D eigenvalue weighted by Crippen LogP contribution is 2.60. The third-order valence-corrected chi connectivity index (χ3v) is 9.03. The van der Waals surface area contributed by atoms with E-state index < -0.39 is 11.8 Å². The molecular weight excluding hydrogens is 494 g/mol. The molecule has 1 fully saturated rings. The Balaban J connectivity index is 1.16. The standard InChI is InChI=1S/C35H27N3O2/c1-21-14-16-22(17-15-21)19-37-20-23(24-8-6-7-13-29(24)37)18-36-38-34(39)32-30-25-9-2-3-10-26(25)31(33(32)35(38)40)28-12-5-4-11-27(28)30/h2-18,20,30-33H,19H2,1H3/b36-18-/t30?,31?,32-,33-/m0/s1. The lowest BCUT2D eigenvalue weighted by molar-refractivity contribution is -0.139. The molecule has 194 valence electrons. The van der Waals surface area contributed by atoms with Crippen molar-refractivity contribution in [3.05, 3.63) is 142 Å². The van der Waals surface area contributed by atoms with Gasteiger partial charge in [0.15, 0.2) is 0 Å². The number of fused-ring (bicyclic) bond motifs is 1. The summed E-state index contributed by atoms with van der Waals surface area (Å²) in [5, 5.41) is 6.77. The molecule has 9 rings (SSSR count). The Morgan fingerprint density at radius 2 is 1.23 bits per heavy atom. The summed E-state index contributed by atoms with van der Waals surface area (Å²) in [7, 11) is 0. The van der Waals surface area contributed by atoms with Gasteiger partial charge in [-0.3, -0.25) is 9.59 Å². The Labute approximate surface area is 232 Å². The summed E-state index contributed by atoms with van der Waals surface area (Å²) in [4.78, 5) is 27.8. The fourth-order valence-corrected chi connectivity index (χ4v) is 7.29. The predicted molar refractivity (Wildman–Crippen MR) is 155 cm³/mol.